The number of hydrazine groups is 1. The fourth-order valence-electron chi connectivity index (χ4n) is 3.94. The first-order valence-corrected chi connectivity index (χ1v) is 10.1. The number of anilines is 1. The van der Waals surface area contributed by atoms with Gasteiger partial charge in [-0.05, 0) is 59.7 Å². The molecule has 0 amide bonds. The summed E-state index contributed by atoms with van der Waals surface area (Å²) in [7, 11) is 0. The predicted octanol–water partition coefficient (Wildman–Crippen LogP) is 4.81. The fraction of sp³-hybridized carbons (Fsp3) is 0.120. The largest absolute Gasteiger partial charge is 0.454 e. The van der Waals surface area contributed by atoms with Gasteiger partial charge < -0.3 is 18.9 Å². The maximum atomic E-state index is 5.59. The van der Waals surface area contributed by atoms with Crippen LogP contribution in [-0.4, -0.2) is 13.6 Å². The normalized spacial score (nSPS) is 18.4. The van der Waals surface area contributed by atoms with Crippen molar-refractivity contribution in [2.75, 3.05) is 18.6 Å². The van der Waals surface area contributed by atoms with Gasteiger partial charge >= 0.3 is 0 Å². The third kappa shape index (κ3) is 3.32. The van der Waals surface area contributed by atoms with E-state index in [0.29, 0.717) is 0 Å². The third-order valence-corrected chi connectivity index (χ3v) is 5.49. The number of para-hydroxylation sites is 1. The maximum Gasteiger partial charge on any atom is 0.231 e. The van der Waals surface area contributed by atoms with Crippen molar-refractivity contribution in [3.63, 3.8) is 0 Å². The van der Waals surface area contributed by atoms with Gasteiger partial charge in [-0.1, -0.05) is 36.4 Å². The van der Waals surface area contributed by atoms with Crippen molar-refractivity contribution in [3.05, 3.63) is 95.7 Å². The van der Waals surface area contributed by atoms with E-state index in [1.165, 1.54) is 0 Å². The van der Waals surface area contributed by atoms with Crippen LogP contribution in [0.25, 0.3) is 6.08 Å². The summed E-state index contributed by atoms with van der Waals surface area (Å²) in [5.74, 6) is 3.13. The lowest BCUT2D eigenvalue weighted by Gasteiger charge is -2.27. The summed E-state index contributed by atoms with van der Waals surface area (Å²) in [6, 6.07) is 22.3. The molecule has 3 heterocycles. The standard InChI is InChI=1S/C25H20N2O4/c1-2-4-20(5-3-1)27-21(18-8-11-23-25(13-18)31-16-29-23)14-19(26-27)9-6-17-7-10-22-24(12-17)30-15-28-22/h1-14,21,26H,15-16H2/b9-6+/t21-/m1/s1. The van der Waals surface area contributed by atoms with Crippen molar-refractivity contribution in [2.24, 2.45) is 0 Å². The van der Waals surface area contributed by atoms with Gasteiger partial charge in [-0.3, -0.25) is 10.4 Å². The Morgan fingerprint density at radius 1 is 0.742 bits per heavy atom. The van der Waals surface area contributed by atoms with Crippen LogP contribution in [0.4, 0.5) is 5.69 Å². The van der Waals surface area contributed by atoms with Crippen molar-refractivity contribution in [1.82, 2.24) is 5.43 Å². The summed E-state index contributed by atoms with van der Waals surface area (Å²) in [5.41, 5.74) is 7.77. The molecule has 0 fully saturated rings. The van der Waals surface area contributed by atoms with E-state index in [2.05, 4.69) is 46.9 Å². The van der Waals surface area contributed by atoms with E-state index in [0.717, 1.165) is 45.5 Å². The number of nitrogens with one attached hydrogen (secondary N) is 1. The second-order valence-corrected chi connectivity index (χ2v) is 7.44. The second-order valence-electron chi connectivity index (χ2n) is 7.44. The van der Waals surface area contributed by atoms with E-state index in [-0.39, 0.29) is 19.6 Å². The average Bonchev–Trinajstić information content (AvgIpc) is 3.56. The first-order chi connectivity index (χ1) is 15.3. The van der Waals surface area contributed by atoms with E-state index < -0.39 is 0 Å². The Hall–Kier alpha value is -4.06. The van der Waals surface area contributed by atoms with Crippen LogP contribution in [0.1, 0.15) is 17.2 Å². The molecule has 0 saturated carbocycles. The quantitative estimate of drug-likeness (QED) is 0.664. The van der Waals surface area contributed by atoms with Gasteiger partial charge in [-0.15, -0.1) is 0 Å². The molecule has 0 saturated heterocycles. The Bertz CT molecular complexity index is 1190. The highest BCUT2D eigenvalue weighted by Gasteiger charge is 2.27. The molecular formula is C25H20N2O4. The minimum Gasteiger partial charge on any atom is -0.454 e. The number of fused-ring (bicyclic) bond motifs is 2. The molecule has 0 radical (unpaired) electrons. The Morgan fingerprint density at radius 2 is 1.45 bits per heavy atom. The first kappa shape index (κ1) is 17.8. The number of hydrogen-bond acceptors (Lipinski definition) is 6. The summed E-state index contributed by atoms with van der Waals surface area (Å²) < 4.78 is 21.9. The van der Waals surface area contributed by atoms with Gasteiger partial charge in [0.1, 0.15) is 0 Å². The van der Waals surface area contributed by atoms with E-state index in [9.17, 15) is 0 Å². The molecule has 1 N–H and O–H groups in total. The number of nitrogens with zero attached hydrogens (tertiary/aromatic N) is 1. The summed E-state index contributed by atoms with van der Waals surface area (Å²) in [6.45, 7) is 0.544. The van der Waals surface area contributed by atoms with Gasteiger partial charge in [0.25, 0.3) is 0 Å². The minimum absolute atomic E-state index is 0.00769. The molecule has 0 spiro atoms. The topological polar surface area (TPSA) is 52.2 Å². The summed E-state index contributed by atoms with van der Waals surface area (Å²) in [6.07, 6.45) is 6.33. The fourth-order valence-corrected chi connectivity index (χ4v) is 3.94. The second kappa shape index (κ2) is 7.32. The minimum atomic E-state index is 0.00769. The number of rotatable bonds is 4. The zero-order valence-electron chi connectivity index (χ0n) is 16.7. The highest BCUT2D eigenvalue weighted by Crippen LogP contribution is 2.39. The first-order valence-electron chi connectivity index (χ1n) is 10.1. The van der Waals surface area contributed by atoms with Gasteiger partial charge in [0, 0.05) is 0 Å². The predicted molar refractivity (Wildman–Crippen MR) is 117 cm³/mol. The lowest BCUT2D eigenvalue weighted by molar-refractivity contribution is 0.173. The molecule has 0 unspecified atom stereocenters. The van der Waals surface area contributed by atoms with Crippen LogP contribution in [0.15, 0.2) is 84.6 Å². The van der Waals surface area contributed by atoms with Crippen LogP contribution in [0.3, 0.4) is 0 Å². The summed E-state index contributed by atoms with van der Waals surface area (Å²) in [5, 5.41) is 2.15. The SMILES string of the molecule is C1=C(/C=C/c2ccc3c(c2)OCO3)NN(c2ccccc2)[C@H]1c1ccc2c(c1)OCO2. The monoisotopic (exact) mass is 412 g/mol. The summed E-state index contributed by atoms with van der Waals surface area (Å²) >= 11 is 0. The molecular weight excluding hydrogens is 392 g/mol. The molecule has 1 atom stereocenters. The highest BCUT2D eigenvalue weighted by atomic mass is 16.7. The average molecular weight is 412 g/mol. The lowest BCUT2D eigenvalue weighted by Crippen LogP contribution is -2.33. The van der Waals surface area contributed by atoms with Crippen LogP contribution in [-0.2, 0) is 0 Å². The maximum absolute atomic E-state index is 5.59. The van der Waals surface area contributed by atoms with E-state index in [4.69, 9.17) is 18.9 Å². The lowest BCUT2D eigenvalue weighted by atomic mass is 10.0. The molecule has 6 rings (SSSR count). The van der Waals surface area contributed by atoms with Gasteiger partial charge in [0.2, 0.25) is 13.6 Å². The van der Waals surface area contributed by atoms with Crippen molar-refractivity contribution in [2.45, 2.75) is 6.04 Å². The Morgan fingerprint density at radius 3 is 2.26 bits per heavy atom. The molecule has 154 valence electrons. The number of benzene rings is 3. The van der Waals surface area contributed by atoms with Gasteiger partial charge in [-0.2, -0.15) is 0 Å². The van der Waals surface area contributed by atoms with E-state index in [1.807, 2.05) is 48.5 Å². The molecule has 6 nitrogen and oxygen atoms in total. The zero-order chi connectivity index (χ0) is 20.6. The smallest absolute Gasteiger partial charge is 0.231 e. The van der Waals surface area contributed by atoms with Crippen LogP contribution in [0.5, 0.6) is 23.0 Å². The van der Waals surface area contributed by atoms with E-state index >= 15 is 0 Å². The molecule has 31 heavy (non-hydrogen) atoms. The molecule has 0 aliphatic carbocycles. The Kier molecular flexibility index (Phi) is 4.20. The van der Waals surface area contributed by atoms with Crippen LogP contribution < -0.4 is 29.4 Å². The zero-order valence-corrected chi connectivity index (χ0v) is 16.7. The summed E-state index contributed by atoms with van der Waals surface area (Å²) in [4.78, 5) is 0. The Labute approximate surface area is 179 Å². The third-order valence-electron chi connectivity index (χ3n) is 5.49. The molecule has 3 aliphatic heterocycles. The van der Waals surface area contributed by atoms with Crippen molar-refractivity contribution >= 4 is 11.8 Å². The molecule has 3 aromatic rings. The highest BCUT2D eigenvalue weighted by molar-refractivity contribution is 5.61. The number of hydrogen-bond donors (Lipinski definition) is 1. The molecule has 3 aliphatic rings. The molecule has 3 aromatic carbocycles. The molecule has 0 bridgehead atoms. The van der Waals surface area contributed by atoms with Gasteiger partial charge in [-0.25, -0.2) is 0 Å². The van der Waals surface area contributed by atoms with Gasteiger partial charge in [0.15, 0.2) is 23.0 Å². The van der Waals surface area contributed by atoms with Crippen molar-refractivity contribution in [3.8, 4) is 23.0 Å². The van der Waals surface area contributed by atoms with Gasteiger partial charge in [0.05, 0.1) is 17.4 Å². The van der Waals surface area contributed by atoms with Crippen LogP contribution in [0, 0.1) is 0 Å². The number of ether oxygens (including phenoxy) is 4. The molecule has 6 heteroatoms. The van der Waals surface area contributed by atoms with Crippen LogP contribution in [0.2, 0.25) is 0 Å². The number of allylic oxidation sites excluding steroid dienone is 1. The van der Waals surface area contributed by atoms with Crippen molar-refractivity contribution in [1.29, 1.82) is 0 Å². The molecule has 0 aromatic heterocycles. The Balaban J connectivity index is 1.32. The van der Waals surface area contributed by atoms with E-state index in [1.54, 1.807) is 0 Å². The van der Waals surface area contributed by atoms with Crippen LogP contribution >= 0.6 is 0 Å². The van der Waals surface area contributed by atoms with Crippen molar-refractivity contribution < 1.29 is 18.9 Å².